The van der Waals surface area contributed by atoms with Gasteiger partial charge < -0.3 is 0 Å². The fourth-order valence-electron chi connectivity index (χ4n) is 0. The van der Waals surface area contributed by atoms with Crippen molar-refractivity contribution in [2.24, 2.45) is 0 Å². The van der Waals surface area contributed by atoms with Crippen molar-refractivity contribution in [3.8, 4) is 0 Å². The fourth-order valence-corrected chi connectivity index (χ4v) is 0. The van der Waals surface area contributed by atoms with Crippen LogP contribution in [-0.2, 0) is 0 Å². The summed E-state index contributed by atoms with van der Waals surface area (Å²) in [6.45, 7) is 0. The molecule has 0 atom stereocenters. The molecule has 0 rings (SSSR count). The van der Waals surface area contributed by atoms with Crippen molar-refractivity contribution in [3.63, 3.8) is 0 Å². The van der Waals surface area contributed by atoms with Gasteiger partial charge in [0.2, 0.25) is 0 Å². The Bertz CT molecular complexity index is 4.14. The van der Waals surface area contributed by atoms with E-state index in [0.29, 0.717) is 0 Å². The summed E-state index contributed by atoms with van der Waals surface area (Å²) in [5, 5.41) is 0. The largest absolute Gasteiger partial charge is 0.147 e. The summed E-state index contributed by atoms with van der Waals surface area (Å²) in [5.41, 5.74) is 0. The normalized spacial score (nSPS) is 0. The lowest BCUT2D eigenvalue weighted by atomic mass is 28.1. The molecular formula is H10Cl6Si. The third-order valence-electron chi connectivity index (χ3n) is 0. The van der Waals surface area contributed by atoms with Gasteiger partial charge in [0.25, 0.3) is 0 Å². The second-order valence-electron chi connectivity index (χ2n) is 0. The van der Waals surface area contributed by atoms with Crippen LogP contribution in [0.2, 0.25) is 0 Å². The monoisotopic (exact) mass is 248 g/mol. The summed E-state index contributed by atoms with van der Waals surface area (Å²) in [6.07, 6.45) is 0. The van der Waals surface area contributed by atoms with Crippen LogP contribution in [0.1, 0.15) is 0 Å². The first-order valence-electron chi connectivity index (χ1n) is 0. The maximum Gasteiger partial charge on any atom is -0.0149 e. The smallest absolute Gasteiger partial charge is 0.0149 e. The molecular weight excluding hydrogens is 241 g/mol. The molecule has 0 aliphatic carbocycles. The van der Waals surface area contributed by atoms with Crippen LogP contribution in [0.5, 0.6) is 0 Å². The molecule has 56 valence electrons. The van der Waals surface area contributed by atoms with E-state index < -0.39 is 0 Å². The average Bonchev–Trinajstić information content (AvgIpc) is 0. The third-order valence-corrected chi connectivity index (χ3v) is 0. The van der Waals surface area contributed by atoms with E-state index in [4.69, 9.17) is 0 Å². The molecule has 0 heterocycles. The second-order valence-corrected chi connectivity index (χ2v) is 0. The molecule has 0 spiro atoms. The minimum absolute atomic E-state index is 0. The molecule has 0 radical (unpaired) electrons. The van der Waals surface area contributed by atoms with E-state index in [0.717, 1.165) is 0 Å². The van der Waals surface area contributed by atoms with Gasteiger partial charge in [0, 0.05) is 0 Å². The summed E-state index contributed by atoms with van der Waals surface area (Å²) in [6, 6.07) is 0. The predicted molar refractivity (Wildman–Crippen MR) is 54.8 cm³/mol. The highest BCUT2D eigenvalue weighted by atomic mass is 35.5. The molecule has 0 fully saturated rings. The van der Waals surface area contributed by atoms with E-state index in [9.17, 15) is 0 Å². The van der Waals surface area contributed by atoms with Gasteiger partial charge in [-0.1, -0.05) is 0 Å². The van der Waals surface area contributed by atoms with E-state index in [2.05, 4.69) is 0 Å². The number of halogens is 6. The lowest BCUT2D eigenvalue weighted by Gasteiger charge is -0.148. The molecule has 0 aliphatic rings. The van der Waals surface area contributed by atoms with E-state index in [1.54, 1.807) is 0 Å². The van der Waals surface area contributed by atoms with Gasteiger partial charge in [-0.25, -0.2) is 0 Å². The molecule has 0 N–H and O–H groups in total. The number of hydrogen-bond donors (Lipinski definition) is 0. The van der Waals surface area contributed by atoms with Crippen molar-refractivity contribution >= 4 is 85.4 Å². The van der Waals surface area contributed by atoms with E-state index in [-0.39, 0.29) is 85.4 Å². The van der Waals surface area contributed by atoms with Gasteiger partial charge in [-0.3, -0.25) is 0 Å². The standard InChI is InChI=1S/6ClH.H4Si/h6*1H;1H4. The Morgan fingerprint density at radius 3 is 0.286 bits per heavy atom. The van der Waals surface area contributed by atoms with Crippen LogP contribution in [0, 0.1) is 0 Å². The Morgan fingerprint density at radius 1 is 0.286 bits per heavy atom. The van der Waals surface area contributed by atoms with Crippen LogP contribution in [-0.4, -0.2) is 11.0 Å². The van der Waals surface area contributed by atoms with Gasteiger partial charge in [-0.2, -0.15) is 0 Å². The van der Waals surface area contributed by atoms with E-state index in [1.165, 1.54) is 0 Å². The quantitative estimate of drug-likeness (QED) is 0.565. The Labute approximate surface area is 85.1 Å². The fraction of sp³-hybridized carbons (Fsp3) is 0. The zero-order chi connectivity index (χ0) is 0. The summed E-state index contributed by atoms with van der Waals surface area (Å²) in [7, 11) is 0. The minimum Gasteiger partial charge on any atom is -0.147 e. The predicted octanol–water partition coefficient (Wildman–Crippen LogP) is 1.08. The first-order valence-corrected chi connectivity index (χ1v) is 0. The van der Waals surface area contributed by atoms with Crippen LogP contribution in [0.25, 0.3) is 0 Å². The second kappa shape index (κ2) is 101. The van der Waals surface area contributed by atoms with Gasteiger partial charge in [-0.05, 0) is 11.0 Å². The number of rotatable bonds is 0. The molecule has 0 aliphatic heterocycles. The maximum atomic E-state index is 0. The van der Waals surface area contributed by atoms with Crippen LogP contribution >= 0.6 is 74.4 Å². The topological polar surface area (TPSA) is 0 Å². The molecule has 0 aromatic carbocycles. The van der Waals surface area contributed by atoms with Crippen LogP contribution in [0.15, 0.2) is 0 Å². The lowest BCUT2D eigenvalue weighted by molar-refractivity contribution is 5.75. The van der Waals surface area contributed by atoms with Crippen molar-refractivity contribution < 1.29 is 0 Å². The summed E-state index contributed by atoms with van der Waals surface area (Å²) >= 11 is 0. The van der Waals surface area contributed by atoms with Gasteiger partial charge in [0.1, 0.15) is 0 Å². The molecule has 0 unspecified atom stereocenters. The zero-order valence-electron chi connectivity index (χ0n) is 2.45. The van der Waals surface area contributed by atoms with Crippen LogP contribution in [0.3, 0.4) is 0 Å². The molecule has 7 heavy (non-hydrogen) atoms. The zero-order valence-corrected chi connectivity index (χ0v) is 7.35. The Hall–Kier alpha value is 1.96. The molecule has 0 bridgehead atoms. The van der Waals surface area contributed by atoms with Gasteiger partial charge in [-0.15, -0.1) is 74.4 Å². The van der Waals surface area contributed by atoms with Crippen molar-refractivity contribution in [1.82, 2.24) is 0 Å². The van der Waals surface area contributed by atoms with Crippen LogP contribution < -0.4 is 0 Å². The molecule has 0 aromatic rings. The highest BCUT2D eigenvalue weighted by Gasteiger charge is -0.0148. The van der Waals surface area contributed by atoms with E-state index in [1.807, 2.05) is 0 Å². The van der Waals surface area contributed by atoms with E-state index >= 15 is 0 Å². The van der Waals surface area contributed by atoms with Crippen molar-refractivity contribution in [3.05, 3.63) is 0 Å². The molecule has 7 heteroatoms. The highest BCUT2D eigenvalue weighted by molar-refractivity contribution is 5.86. The highest BCUT2D eigenvalue weighted by Crippen LogP contribution is 0.695. The van der Waals surface area contributed by atoms with Crippen molar-refractivity contribution in [2.75, 3.05) is 0 Å². The first-order chi connectivity index (χ1) is 0. The minimum atomic E-state index is 0. The summed E-state index contributed by atoms with van der Waals surface area (Å²) < 4.78 is 0. The average molecular weight is 251 g/mol. The Balaban J connectivity index is 0. The first kappa shape index (κ1) is 148. The molecule has 0 aromatic heterocycles. The van der Waals surface area contributed by atoms with Crippen LogP contribution in [0.4, 0.5) is 0 Å². The van der Waals surface area contributed by atoms with Crippen molar-refractivity contribution in [1.29, 1.82) is 0 Å². The van der Waals surface area contributed by atoms with Gasteiger partial charge in [0.15, 0.2) is 0 Å². The Kier molecular flexibility index (Phi) is 2130. The molecule has 0 amide bonds. The Morgan fingerprint density at radius 2 is 0.286 bits per heavy atom. The third kappa shape index (κ3) is 73.7. The summed E-state index contributed by atoms with van der Waals surface area (Å²) in [5.74, 6) is 0. The summed E-state index contributed by atoms with van der Waals surface area (Å²) in [4.78, 5) is 0. The molecule has 0 saturated carbocycles. The molecule has 0 nitrogen and oxygen atoms in total. The lowest BCUT2D eigenvalue weighted by Crippen LogP contribution is -0.381. The van der Waals surface area contributed by atoms with Gasteiger partial charge >= 0.3 is 0 Å². The maximum absolute atomic E-state index is 0. The van der Waals surface area contributed by atoms with Crippen molar-refractivity contribution in [2.45, 2.75) is 0 Å². The number of hydrogen-bond acceptors (Lipinski definition) is 0. The molecule has 0 saturated heterocycles. The SMILES string of the molecule is Cl.Cl.Cl.Cl.Cl.Cl.[SiH4]. The van der Waals surface area contributed by atoms with Gasteiger partial charge in [0.05, 0.1) is 0 Å².